The topological polar surface area (TPSA) is 68.1 Å². The minimum absolute atomic E-state index is 0.0938. The van der Waals surface area contributed by atoms with Crippen molar-refractivity contribution >= 4 is 29.5 Å². The summed E-state index contributed by atoms with van der Waals surface area (Å²) in [5.41, 5.74) is 1.75. The molecule has 0 spiro atoms. The minimum Gasteiger partial charge on any atom is -0.505 e. The number of nitrogens with zero attached hydrogens (tertiary/aromatic N) is 1. The molecular formula is C19H18ClNO4. The molecule has 0 heterocycles. The molecule has 2 rings (SSSR count). The third-order valence-corrected chi connectivity index (χ3v) is 3.53. The zero-order valence-electron chi connectivity index (χ0n) is 14.0. The zero-order chi connectivity index (χ0) is 18.4. The molecule has 25 heavy (non-hydrogen) atoms. The van der Waals surface area contributed by atoms with Crippen molar-refractivity contribution in [2.75, 3.05) is 7.11 Å². The normalized spacial score (nSPS) is 10.7. The summed E-state index contributed by atoms with van der Waals surface area (Å²) in [6, 6.07) is 10.3. The number of carbonyl (C=O) groups is 1. The molecule has 0 aliphatic rings. The Balaban J connectivity index is 2.21. The van der Waals surface area contributed by atoms with Gasteiger partial charge in [0.05, 0.1) is 7.11 Å². The number of halogens is 1. The average Bonchev–Trinajstić information content (AvgIpc) is 2.60. The van der Waals surface area contributed by atoms with E-state index < -0.39 is 5.97 Å². The summed E-state index contributed by atoms with van der Waals surface area (Å²) in [6.45, 7) is 4.93. The number of carbonyl (C=O) groups excluding carboxylic acids is 1. The van der Waals surface area contributed by atoms with Crippen LogP contribution in [0.3, 0.4) is 0 Å². The lowest BCUT2D eigenvalue weighted by Crippen LogP contribution is -2.05. The summed E-state index contributed by atoms with van der Waals surface area (Å²) in [4.78, 5) is 15.7. The largest absolute Gasteiger partial charge is 0.505 e. The standard InChI is InChI=1S/C19H18ClNO4/c1-12(2)19(23)25-11-14-8-15(20)9-17(18(14)22)21-10-13-4-6-16(24-3)7-5-13/h4-10,22H,1,11H2,2-3H3. The third kappa shape index (κ3) is 5.09. The van der Waals surface area contributed by atoms with Gasteiger partial charge in [-0.15, -0.1) is 0 Å². The first-order valence-corrected chi connectivity index (χ1v) is 7.80. The Morgan fingerprint density at radius 2 is 2.00 bits per heavy atom. The Kier molecular flexibility index (Phi) is 6.19. The third-order valence-electron chi connectivity index (χ3n) is 3.31. The molecule has 0 unspecified atom stereocenters. The molecule has 0 amide bonds. The summed E-state index contributed by atoms with van der Waals surface area (Å²) in [6.07, 6.45) is 1.59. The maximum absolute atomic E-state index is 11.5. The monoisotopic (exact) mass is 359 g/mol. The maximum Gasteiger partial charge on any atom is 0.333 e. The fraction of sp³-hybridized carbons (Fsp3) is 0.158. The molecule has 0 aliphatic heterocycles. The van der Waals surface area contributed by atoms with Crippen LogP contribution in [0.5, 0.6) is 11.5 Å². The second kappa shape index (κ2) is 8.35. The highest BCUT2D eigenvalue weighted by Gasteiger charge is 2.11. The quantitative estimate of drug-likeness (QED) is 0.471. The maximum atomic E-state index is 11.5. The van der Waals surface area contributed by atoms with Crippen molar-refractivity contribution in [2.45, 2.75) is 13.5 Å². The Bertz CT molecular complexity index is 813. The van der Waals surface area contributed by atoms with Gasteiger partial charge in [-0.3, -0.25) is 4.99 Å². The van der Waals surface area contributed by atoms with E-state index in [0.29, 0.717) is 10.6 Å². The summed E-state index contributed by atoms with van der Waals surface area (Å²) in [7, 11) is 1.59. The van der Waals surface area contributed by atoms with Gasteiger partial charge >= 0.3 is 5.97 Å². The van der Waals surface area contributed by atoms with Crippen LogP contribution >= 0.6 is 11.6 Å². The van der Waals surface area contributed by atoms with Gasteiger partial charge in [-0.2, -0.15) is 0 Å². The first-order chi connectivity index (χ1) is 11.9. The summed E-state index contributed by atoms with van der Waals surface area (Å²) < 4.78 is 10.1. The van der Waals surface area contributed by atoms with Crippen LogP contribution in [0.1, 0.15) is 18.1 Å². The van der Waals surface area contributed by atoms with Crippen LogP contribution in [-0.4, -0.2) is 24.4 Å². The van der Waals surface area contributed by atoms with E-state index in [1.54, 1.807) is 20.2 Å². The van der Waals surface area contributed by atoms with Gasteiger partial charge in [0.1, 0.15) is 23.8 Å². The van der Waals surface area contributed by atoms with Crippen LogP contribution < -0.4 is 4.74 Å². The highest BCUT2D eigenvalue weighted by Crippen LogP contribution is 2.34. The Morgan fingerprint density at radius 1 is 1.32 bits per heavy atom. The van der Waals surface area contributed by atoms with E-state index in [1.807, 2.05) is 24.3 Å². The van der Waals surface area contributed by atoms with Crippen molar-refractivity contribution in [3.63, 3.8) is 0 Å². The number of ether oxygens (including phenoxy) is 2. The molecule has 2 aromatic carbocycles. The van der Waals surface area contributed by atoms with Crippen molar-refractivity contribution in [1.29, 1.82) is 0 Å². The van der Waals surface area contributed by atoms with Gasteiger partial charge in [0.15, 0.2) is 0 Å². The number of benzene rings is 2. The summed E-state index contributed by atoms with van der Waals surface area (Å²) in [5.74, 6) is 0.107. The van der Waals surface area contributed by atoms with Crippen molar-refractivity contribution < 1.29 is 19.4 Å². The van der Waals surface area contributed by atoms with Gasteiger partial charge in [0.25, 0.3) is 0 Å². The van der Waals surface area contributed by atoms with Crippen molar-refractivity contribution in [2.24, 2.45) is 4.99 Å². The molecule has 0 aromatic heterocycles. The highest BCUT2D eigenvalue weighted by atomic mass is 35.5. The van der Waals surface area contributed by atoms with Gasteiger partial charge < -0.3 is 14.6 Å². The van der Waals surface area contributed by atoms with Gasteiger partial charge in [-0.05, 0) is 48.9 Å². The number of hydrogen-bond donors (Lipinski definition) is 1. The van der Waals surface area contributed by atoms with E-state index >= 15 is 0 Å². The lowest BCUT2D eigenvalue weighted by molar-refractivity contribution is -0.140. The van der Waals surface area contributed by atoms with Crippen LogP contribution in [-0.2, 0) is 16.1 Å². The Labute approximate surface area is 151 Å². The average molecular weight is 360 g/mol. The second-order valence-corrected chi connectivity index (χ2v) is 5.76. The molecule has 1 N–H and O–H groups in total. The van der Waals surface area contributed by atoms with E-state index in [4.69, 9.17) is 21.1 Å². The number of aliphatic imine (C=N–C) groups is 1. The Hall–Kier alpha value is -2.79. The molecule has 0 saturated carbocycles. The van der Waals surface area contributed by atoms with Crippen LogP contribution in [0.15, 0.2) is 53.5 Å². The Morgan fingerprint density at radius 3 is 2.60 bits per heavy atom. The number of hydrogen-bond acceptors (Lipinski definition) is 5. The summed E-state index contributed by atoms with van der Waals surface area (Å²) >= 11 is 6.06. The fourth-order valence-corrected chi connectivity index (χ4v) is 2.18. The minimum atomic E-state index is -0.539. The van der Waals surface area contributed by atoms with E-state index in [0.717, 1.165) is 11.3 Å². The first kappa shape index (κ1) is 18.5. The number of methoxy groups -OCH3 is 1. The van der Waals surface area contributed by atoms with E-state index in [9.17, 15) is 9.90 Å². The van der Waals surface area contributed by atoms with Crippen LogP contribution in [0, 0.1) is 0 Å². The van der Waals surface area contributed by atoms with Crippen molar-refractivity contribution in [3.05, 3.63) is 64.7 Å². The van der Waals surface area contributed by atoms with Crippen LogP contribution in [0.25, 0.3) is 0 Å². The molecule has 0 atom stereocenters. The van der Waals surface area contributed by atoms with Crippen LogP contribution in [0.4, 0.5) is 5.69 Å². The number of esters is 1. The second-order valence-electron chi connectivity index (χ2n) is 5.32. The predicted molar refractivity (Wildman–Crippen MR) is 98.0 cm³/mol. The highest BCUT2D eigenvalue weighted by molar-refractivity contribution is 6.31. The van der Waals surface area contributed by atoms with Gasteiger partial charge in [-0.1, -0.05) is 18.2 Å². The number of phenolic OH excluding ortho intramolecular Hbond substituents is 1. The molecular weight excluding hydrogens is 342 g/mol. The van der Waals surface area contributed by atoms with Gasteiger partial charge in [0.2, 0.25) is 0 Å². The lowest BCUT2D eigenvalue weighted by atomic mass is 10.1. The SMILES string of the molecule is C=C(C)C(=O)OCc1cc(Cl)cc(N=Cc2ccc(OC)cc2)c1O. The predicted octanol–water partition coefficient (Wildman–Crippen LogP) is 4.42. The van der Waals surface area contributed by atoms with E-state index in [2.05, 4.69) is 11.6 Å². The molecule has 0 saturated heterocycles. The smallest absolute Gasteiger partial charge is 0.333 e. The lowest BCUT2D eigenvalue weighted by Gasteiger charge is -2.09. The van der Waals surface area contributed by atoms with E-state index in [-0.39, 0.29) is 23.6 Å². The molecule has 0 fully saturated rings. The fourth-order valence-electron chi connectivity index (χ4n) is 1.95. The molecule has 5 nitrogen and oxygen atoms in total. The van der Waals surface area contributed by atoms with Crippen molar-refractivity contribution in [3.8, 4) is 11.5 Å². The number of aromatic hydroxyl groups is 1. The number of phenols is 1. The molecule has 0 radical (unpaired) electrons. The molecule has 0 bridgehead atoms. The molecule has 0 aliphatic carbocycles. The van der Waals surface area contributed by atoms with Crippen LogP contribution in [0.2, 0.25) is 5.02 Å². The zero-order valence-corrected chi connectivity index (χ0v) is 14.7. The molecule has 6 heteroatoms. The molecule has 130 valence electrons. The molecule has 2 aromatic rings. The van der Waals surface area contributed by atoms with Gasteiger partial charge in [-0.25, -0.2) is 4.79 Å². The summed E-state index contributed by atoms with van der Waals surface area (Å²) in [5, 5.41) is 10.7. The van der Waals surface area contributed by atoms with Crippen molar-refractivity contribution in [1.82, 2.24) is 0 Å². The van der Waals surface area contributed by atoms with Gasteiger partial charge in [0, 0.05) is 22.4 Å². The first-order valence-electron chi connectivity index (χ1n) is 7.43. The number of rotatable bonds is 6. The van der Waals surface area contributed by atoms with E-state index in [1.165, 1.54) is 12.1 Å².